The Morgan fingerprint density at radius 3 is 2.00 bits per heavy atom. The average molecular weight is 259 g/mol. The van der Waals surface area contributed by atoms with Crippen LogP contribution in [0.2, 0.25) is 0 Å². The summed E-state index contributed by atoms with van der Waals surface area (Å²) in [5, 5.41) is 4.76. The molecule has 4 rings (SSSR count). The molecule has 0 aliphatic carbocycles. The molecule has 0 saturated heterocycles. The van der Waals surface area contributed by atoms with Gasteiger partial charge in [0.2, 0.25) is 5.89 Å². The number of aryl methyl sites for hydroxylation is 1. The lowest BCUT2D eigenvalue weighted by atomic mass is 9.97. The van der Waals surface area contributed by atoms with Crippen LogP contribution in [0.1, 0.15) is 5.76 Å². The molecule has 0 amide bonds. The molecule has 1 aromatic heterocycles. The van der Waals surface area contributed by atoms with Crippen LogP contribution in [-0.4, -0.2) is 4.98 Å². The molecule has 0 unspecified atom stereocenters. The van der Waals surface area contributed by atoms with Gasteiger partial charge in [-0.05, 0) is 34.5 Å². The highest BCUT2D eigenvalue weighted by molar-refractivity contribution is 6.11. The van der Waals surface area contributed by atoms with E-state index in [1.165, 1.54) is 21.5 Å². The van der Waals surface area contributed by atoms with Crippen molar-refractivity contribution in [2.75, 3.05) is 0 Å². The maximum absolute atomic E-state index is 5.77. The van der Waals surface area contributed by atoms with Gasteiger partial charge in [0.25, 0.3) is 0 Å². The summed E-state index contributed by atoms with van der Waals surface area (Å²) in [7, 11) is 0. The zero-order valence-corrected chi connectivity index (χ0v) is 11.1. The van der Waals surface area contributed by atoms with Crippen molar-refractivity contribution < 1.29 is 4.42 Å². The van der Waals surface area contributed by atoms with Crippen LogP contribution in [0.25, 0.3) is 33.0 Å². The smallest absolute Gasteiger partial charge is 0.227 e. The highest BCUT2D eigenvalue weighted by Crippen LogP contribution is 2.35. The lowest BCUT2D eigenvalue weighted by molar-refractivity contribution is 0.543. The van der Waals surface area contributed by atoms with Gasteiger partial charge in [-0.2, -0.15) is 0 Å². The number of aromatic nitrogens is 1. The summed E-state index contributed by atoms with van der Waals surface area (Å²) in [6.45, 7) is 1.92. The molecule has 0 atom stereocenters. The van der Waals surface area contributed by atoms with Crippen molar-refractivity contribution in [2.45, 2.75) is 6.92 Å². The molecule has 0 spiro atoms. The topological polar surface area (TPSA) is 26.0 Å². The van der Waals surface area contributed by atoms with Crippen LogP contribution in [0, 0.1) is 6.92 Å². The molecule has 4 aromatic rings. The average Bonchev–Trinajstić information content (AvgIpc) is 2.91. The Kier molecular flexibility index (Phi) is 2.36. The quantitative estimate of drug-likeness (QED) is 0.452. The minimum atomic E-state index is 0.690. The second-order valence-corrected chi connectivity index (χ2v) is 4.97. The zero-order chi connectivity index (χ0) is 13.5. The van der Waals surface area contributed by atoms with E-state index in [1.54, 1.807) is 6.20 Å². The van der Waals surface area contributed by atoms with Crippen LogP contribution < -0.4 is 0 Å². The molecule has 3 aromatic carbocycles. The van der Waals surface area contributed by atoms with E-state index in [-0.39, 0.29) is 0 Å². The van der Waals surface area contributed by atoms with Crippen molar-refractivity contribution in [3.8, 4) is 11.5 Å². The first-order valence-electron chi connectivity index (χ1n) is 6.66. The van der Waals surface area contributed by atoms with E-state index in [2.05, 4.69) is 59.6 Å². The standard InChI is InChI=1S/C18H13NO/c1-12-11-19-18(20-12)17-15-8-4-2-6-13(15)10-14-7-3-5-9-16(14)17/h2-11H,1H3. The Morgan fingerprint density at radius 1 is 0.850 bits per heavy atom. The molecule has 96 valence electrons. The number of oxazole rings is 1. The van der Waals surface area contributed by atoms with Crippen molar-refractivity contribution in [1.29, 1.82) is 0 Å². The van der Waals surface area contributed by atoms with Gasteiger partial charge in [-0.25, -0.2) is 4.98 Å². The van der Waals surface area contributed by atoms with Gasteiger partial charge in [0.15, 0.2) is 0 Å². The first-order chi connectivity index (χ1) is 9.83. The largest absolute Gasteiger partial charge is 0.441 e. The van der Waals surface area contributed by atoms with Gasteiger partial charge in [-0.15, -0.1) is 0 Å². The Labute approximate surface area is 116 Å². The molecular weight excluding hydrogens is 246 g/mol. The summed E-state index contributed by atoms with van der Waals surface area (Å²) in [5.74, 6) is 1.52. The molecule has 2 nitrogen and oxygen atoms in total. The fourth-order valence-corrected chi connectivity index (χ4v) is 2.71. The molecule has 0 saturated carbocycles. The third kappa shape index (κ3) is 1.62. The van der Waals surface area contributed by atoms with E-state index in [1.807, 2.05) is 6.92 Å². The molecule has 0 fully saturated rings. The molecule has 0 aliphatic rings. The van der Waals surface area contributed by atoms with Gasteiger partial charge in [0.1, 0.15) is 5.76 Å². The highest BCUT2D eigenvalue weighted by atomic mass is 16.4. The lowest BCUT2D eigenvalue weighted by Crippen LogP contribution is -1.85. The molecule has 1 heterocycles. The minimum absolute atomic E-state index is 0.690. The third-order valence-electron chi connectivity index (χ3n) is 3.61. The molecular formula is C18H13NO. The molecule has 0 aliphatic heterocycles. The van der Waals surface area contributed by atoms with Crippen molar-refractivity contribution >= 4 is 21.5 Å². The molecule has 0 bridgehead atoms. The van der Waals surface area contributed by atoms with E-state index in [9.17, 15) is 0 Å². The normalized spacial score (nSPS) is 11.2. The second kappa shape index (κ2) is 4.20. The van der Waals surface area contributed by atoms with Crippen LogP contribution in [-0.2, 0) is 0 Å². The first-order valence-corrected chi connectivity index (χ1v) is 6.66. The van der Waals surface area contributed by atoms with Crippen molar-refractivity contribution in [3.63, 3.8) is 0 Å². The van der Waals surface area contributed by atoms with Gasteiger partial charge in [-0.1, -0.05) is 48.5 Å². The molecule has 0 radical (unpaired) electrons. The number of nitrogens with zero attached hydrogens (tertiary/aromatic N) is 1. The van der Waals surface area contributed by atoms with Gasteiger partial charge in [0.05, 0.1) is 11.8 Å². The van der Waals surface area contributed by atoms with Crippen LogP contribution in [0.4, 0.5) is 0 Å². The van der Waals surface area contributed by atoms with Gasteiger partial charge in [-0.3, -0.25) is 0 Å². The Bertz CT molecular complexity index is 867. The first kappa shape index (κ1) is 11.2. The van der Waals surface area contributed by atoms with E-state index in [0.717, 1.165) is 11.3 Å². The van der Waals surface area contributed by atoms with E-state index in [0.29, 0.717) is 5.89 Å². The number of benzene rings is 3. The molecule has 20 heavy (non-hydrogen) atoms. The monoisotopic (exact) mass is 259 g/mol. The number of rotatable bonds is 1. The van der Waals surface area contributed by atoms with Crippen LogP contribution >= 0.6 is 0 Å². The van der Waals surface area contributed by atoms with Crippen LogP contribution in [0.3, 0.4) is 0 Å². The van der Waals surface area contributed by atoms with Crippen molar-refractivity contribution in [2.24, 2.45) is 0 Å². The number of fused-ring (bicyclic) bond motifs is 2. The Morgan fingerprint density at radius 2 is 1.45 bits per heavy atom. The van der Waals surface area contributed by atoms with Crippen LogP contribution in [0.5, 0.6) is 0 Å². The van der Waals surface area contributed by atoms with Gasteiger partial charge >= 0.3 is 0 Å². The summed E-state index contributed by atoms with van der Waals surface area (Å²) in [6.07, 6.45) is 1.77. The molecule has 2 heteroatoms. The van der Waals surface area contributed by atoms with E-state index >= 15 is 0 Å². The third-order valence-corrected chi connectivity index (χ3v) is 3.61. The van der Waals surface area contributed by atoms with Gasteiger partial charge < -0.3 is 4.42 Å². The fraction of sp³-hybridized carbons (Fsp3) is 0.0556. The highest BCUT2D eigenvalue weighted by Gasteiger charge is 2.13. The molecule has 0 N–H and O–H groups in total. The second-order valence-electron chi connectivity index (χ2n) is 4.97. The summed E-state index contributed by atoms with van der Waals surface area (Å²) >= 11 is 0. The maximum Gasteiger partial charge on any atom is 0.227 e. The zero-order valence-electron chi connectivity index (χ0n) is 11.1. The van der Waals surface area contributed by atoms with Crippen molar-refractivity contribution in [3.05, 3.63) is 66.6 Å². The number of hydrogen-bond acceptors (Lipinski definition) is 2. The Balaban J connectivity index is 2.23. The van der Waals surface area contributed by atoms with Crippen molar-refractivity contribution in [1.82, 2.24) is 4.98 Å². The maximum atomic E-state index is 5.77. The summed E-state index contributed by atoms with van der Waals surface area (Å²) in [4.78, 5) is 4.42. The minimum Gasteiger partial charge on any atom is -0.441 e. The predicted octanol–water partition coefficient (Wildman–Crippen LogP) is 4.96. The SMILES string of the molecule is Cc1cnc(-c2c3ccccc3cc3ccccc23)o1. The summed E-state index contributed by atoms with van der Waals surface area (Å²) in [5.41, 5.74) is 1.08. The lowest BCUT2D eigenvalue weighted by Gasteiger charge is -2.08. The van der Waals surface area contributed by atoms with Crippen LogP contribution in [0.15, 0.2) is 65.2 Å². The predicted molar refractivity (Wildman–Crippen MR) is 81.7 cm³/mol. The fourth-order valence-electron chi connectivity index (χ4n) is 2.71. The number of hydrogen-bond donors (Lipinski definition) is 0. The van der Waals surface area contributed by atoms with E-state index in [4.69, 9.17) is 4.42 Å². The van der Waals surface area contributed by atoms with Gasteiger partial charge in [0, 0.05) is 0 Å². The summed E-state index contributed by atoms with van der Waals surface area (Å²) < 4.78 is 5.77. The summed E-state index contributed by atoms with van der Waals surface area (Å²) in [6, 6.07) is 18.9. The Hall–Kier alpha value is -2.61. The van der Waals surface area contributed by atoms with E-state index < -0.39 is 0 Å².